The lowest BCUT2D eigenvalue weighted by Gasteiger charge is -2.14. The van der Waals surface area contributed by atoms with E-state index in [-0.39, 0.29) is 16.4 Å². The standard InChI is InChI=1S/C12H9F3N2O2S2/c13-12(14,15)6-3-1-2-4-7(6)16-9(18)5-8-10(19)17-11(20)21-8/h1-4,8H,5H2,(H,16,18)(H,17,19,20)/t8-/m0/s1. The van der Waals surface area contributed by atoms with E-state index >= 15 is 0 Å². The number of carbonyl (C=O) groups excluding carboxylic acids is 2. The van der Waals surface area contributed by atoms with Crippen molar-refractivity contribution in [2.75, 3.05) is 5.32 Å². The molecule has 1 heterocycles. The minimum absolute atomic E-state index is 0.247. The minimum Gasteiger partial charge on any atom is -0.325 e. The summed E-state index contributed by atoms with van der Waals surface area (Å²) in [5.74, 6) is -1.09. The summed E-state index contributed by atoms with van der Waals surface area (Å²) in [6.07, 6.45) is -4.81. The van der Waals surface area contributed by atoms with Crippen molar-refractivity contribution in [1.29, 1.82) is 0 Å². The molecular weight excluding hydrogens is 325 g/mol. The zero-order valence-corrected chi connectivity index (χ0v) is 12.0. The molecule has 2 amide bonds. The molecule has 2 N–H and O–H groups in total. The third-order valence-electron chi connectivity index (χ3n) is 2.64. The predicted molar refractivity (Wildman–Crippen MR) is 76.8 cm³/mol. The van der Waals surface area contributed by atoms with E-state index in [0.29, 0.717) is 0 Å². The van der Waals surface area contributed by atoms with Gasteiger partial charge in [-0.2, -0.15) is 13.2 Å². The van der Waals surface area contributed by atoms with Gasteiger partial charge in [0.25, 0.3) is 0 Å². The number of rotatable bonds is 3. The van der Waals surface area contributed by atoms with Crippen LogP contribution in [0.2, 0.25) is 0 Å². The van der Waals surface area contributed by atoms with Gasteiger partial charge in [0.15, 0.2) is 0 Å². The van der Waals surface area contributed by atoms with E-state index in [1.54, 1.807) is 0 Å². The SMILES string of the molecule is O=C(C[C@@H]1SC(=S)NC1=O)Nc1ccccc1C(F)(F)F. The van der Waals surface area contributed by atoms with E-state index in [1.807, 2.05) is 0 Å². The molecule has 0 radical (unpaired) electrons. The van der Waals surface area contributed by atoms with Crippen molar-refractivity contribution in [3.63, 3.8) is 0 Å². The van der Waals surface area contributed by atoms with Crippen LogP contribution in [0, 0.1) is 0 Å². The monoisotopic (exact) mass is 334 g/mol. The van der Waals surface area contributed by atoms with Crippen LogP contribution >= 0.6 is 24.0 Å². The van der Waals surface area contributed by atoms with E-state index < -0.39 is 28.8 Å². The highest BCUT2D eigenvalue weighted by atomic mass is 32.2. The van der Waals surface area contributed by atoms with E-state index in [4.69, 9.17) is 12.2 Å². The third kappa shape index (κ3) is 3.94. The number of nitrogens with one attached hydrogen (secondary N) is 2. The van der Waals surface area contributed by atoms with Crippen molar-refractivity contribution < 1.29 is 22.8 Å². The average molecular weight is 334 g/mol. The van der Waals surface area contributed by atoms with E-state index in [2.05, 4.69) is 10.6 Å². The first-order valence-electron chi connectivity index (χ1n) is 5.75. The summed E-state index contributed by atoms with van der Waals surface area (Å²) in [5.41, 5.74) is -1.27. The second-order valence-electron chi connectivity index (χ2n) is 4.18. The Morgan fingerprint density at radius 3 is 2.62 bits per heavy atom. The van der Waals surface area contributed by atoms with Crippen LogP contribution in [0.1, 0.15) is 12.0 Å². The fourth-order valence-corrected chi connectivity index (χ4v) is 3.00. The normalized spacial score (nSPS) is 18.5. The highest BCUT2D eigenvalue weighted by molar-refractivity contribution is 8.24. The number of benzene rings is 1. The quantitative estimate of drug-likeness (QED) is 0.834. The molecule has 0 unspecified atom stereocenters. The molecule has 112 valence electrons. The first kappa shape index (κ1) is 15.8. The second kappa shape index (κ2) is 6.02. The van der Waals surface area contributed by atoms with Gasteiger partial charge in [0.1, 0.15) is 4.32 Å². The Labute approximate surface area is 127 Å². The van der Waals surface area contributed by atoms with Crippen LogP contribution in [-0.2, 0) is 15.8 Å². The lowest BCUT2D eigenvalue weighted by atomic mass is 10.1. The largest absolute Gasteiger partial charge is 0.418 e. The number of hydrogen-bond donors (Lipinski definition) is 2. The fraction of sp³-hybridized carbons (Fsp3) is 0.250. The van der Waals surface area contributed by atoms with Gasteiger partial charge in [-0.05, 0) is 12.1 Å². The highest BCUT2D eigenvalue weighted by Crippen LogP contribution is 2.34. The van der Waals surface area contributed by atoms with Crippen LogP contribution in [0.25, 0.3) is 0 Å². The van der Waals surface area contributed by atoms with Crippen molar-refractivity contribution in [3.05, 3.63) is 29.8 Å². The van der Waals surface area contributed by atoms with Crippen LogP contribution < -0.4 is 10.6 Å². The number of anilines is 1. The van der Waals surface area contributed by atoms with Crippen LogP contribution in [0.3, 0.4) is 0 Å². The lowest BCUT2D eigenvalue weighted by Crippen LogP contribution is -2.28. The van der Waals surface area contributed by atoms with Gasteiger partial charge in [-0.1, -0.05) is 36.1 Å². The first-order valence-corrected chi connectivity index (χ1v) is 7.03. The van der Waals surface area contributed by atoms with Crippen molar-refractivity contribution in [1.82, 2.24) is 5.32 Å². The topological polar surface area (TPSA) is 58.2 Å². The van der Waals surface area contributed by atoms with E-state index in [9.17, 15) is 22.8 Å². The number of halogens is 3. The first-order chi connectivity index (χ1) is 9.77. The summed E-state index contributed by atoms with van der Waals surface area (Å²) >= 11 is 5.79. The number of para-hydroxylation sites is 1. The molecule has 1 aromatic rings. The van der Waals surface area contributed by atoms with Crippen LogP contribution in [0.15, 0.2) is 24.3 Å². The molecule has 1 fully saturated rings. The maximum absolute atomic E-state index is 12.8. The zero-order chi connectivity index (χ0) is 15.6. The minimum atomic E-state index is -4.56. The summed E-state index contributed by atoms with van der Waals surface area (Å²) in [6.45, 7) is 0. The third-order valence-corrected chi connectivity index (χ3v) is 4.02. The summed E-state index contributed by atoms with van der Waals surface area (Å²) in [7, 11) is 0. The second-order valence-corrected chi connectivity index (χ2v) is 6.06. The molecule has 0 aliphatic carbocycles. The van der Waals surface area contributed by atoms with Gasteiger partial charge in [0.05, 0.1) is 16.5 Å². The zero-order valence-electron chi connectivity index (χ0n) is 10.4. The number of alkyl halides is 3. The molecule has 0 saturated carbocycles. The Hall–Kier alpha value is -1.61. The molecule has 0 bridgehead atoms. The molecule has 0 spiro atoms. The van der Waals surface area contributed by atoms with Gasteiger partial charge in [-0.15, -0.1) is 0 Å². The van der Waals surface area contributed by atoms with Crippen molar-refractivity contribution in [2.24, 2.45) is 0 Å². The van der Waals surface area contributed by atoms with Crippen molar-refractivity contribution >= 4 is 45.8 Å². The van der Waals surface area contributed by atoms with Crippen LogP contribution in [-0.4, -0.2) is 21.4 Å². The molecule has 1 saturated heterocycles. The Balaban J connectivity index is 2.07. The molecule has 9 heteroatoms. The average Bonchev–Trinajstić information content (AvgIpc) is 2.67. The fourth-order valence-electron chi connectivity index (χ4n) is 1.74. The van der Waals surface area contributed by atoms with Gasteiger partial charge in [-0.3, -0.25) is 9.59 Å². The molecule has 2 rings (SSSR count). The molecular formula is C12H9F3N2O2S2. The summed E-state index contributed by atoms with van der Waals surface area (Å²) in [6, 6.07) is 4.66. The van der Waals surface area contributed by atoms with Gasteiger partial charge < -0.3 is 10.6 Å². The smallest absolute Gasteiger partial charge is 0.325 e. The number of thiocarbonyl (C=S) groups is 1. The van der Waals surface area contributed by atoms with Gasteiger partial charge in [0.2, 0.25) is 11.8 Å². The Morgan fingerprint density at radius 2 is 2.05 bits per heavy atom. The van der Waals surface area contributed by atoms with Gasteiger partial charge >= 0.3 is 6.18 Å². The van der Waals surface area contributed by atoms with Crippen LogP contribution in [0.4, 0.5) is 18.9 Å². The maximum Gasteiger partial charge on any atom is 0.418 e. The Kier molecular flexibility index (Phi) is 4.52. The number of hydrogen-bond acceptors (Lipinski definition) is 4. The van der Waals surface area contributed by atoms with Crippen LogP contribution in [0.5, 0.6) is 0 Å². The molecule has 1 aromatic carbocycles. The molecule has 1 atom stereocenters. The van der Waals surface area contributed by atoms with Crippen molar-refractivity contribution in [2.45, 2.75) is 17.8 Å². The van der Waals surface area contributed by atoms with Gasteiger partial charge in [0, 0.05) is 6.42 Å². The Bertz CT molecular complexity index is 604. The molecule has 0 aromatic heterocycles. The number of amides is 2. The number of carbonyl (C=O) groups is 2. The predicted octanol–water partition coefficient (Wildman–Crippen LogP) is 2.55. The molecule has 1 aliphatic rings. The van der Waals surface area contributed by atoms with E-state index in [0.717, 1.165) is 23.9 Å². The summed E-state index contributed by atoms with van der Waals surface area (Å²) in [5, 5.41) is 3.84. The molecule has 4 nitrogen and oxygen atoms in total. The summed E-state index contributed by atoms with van der Waals surface area (Å²) in [4.78, 5) is 23.2. The lowest BCUT2D eigenvalue weighted by molar-refractivity contribution is -0.137. The number of thioether (sulfide) groups is 1. The van der Waals surface area contributed by atoms with Gasteiger partial charge in [-0.25, -0.2) is 0 Å². The highest BCUT2D eigenvalue weighted by Gasteiger charge is 2.35. The Morgan fingerprint density at radius 1 is 1.38 bits per heavy atom. The summed E-state index contributed by atoms with van der Waals surface area (Å²) < 4.78 is 38.6. The maximum atomic E-state index is 12.8. The molecule has 1 aliphatic heterocycles. The van der Waals surface area contributed by atoms with E-state index in [1.165, 1.54) is 12.1 Å². The molecule has 21 heavy (non-hydrogen) atoms. The van der Waals surface area contributed by atoms with Crippen molar-refractivity contribution in [3.8, 4) is 0 Å².